The highest BCUT2D eigenvalue weighted by Crippen LogP contribution is 2.30. The predicted octanol–water partition coefficient (Wildman–Crippen LogP) is 1.50. The van der Waals surface area contributed by atoms with E-state index in [-0.39, 0.29) is 6.61 Å². The molecule has 2 N–H and O–H groups in total. The Bertz CT molecular complexity index is 166. The maximum Gasteiger partial charge on any atom is 0.285 e. The molecule has 0 fully saturated rings. The molecule has 0 spiro atoms. The first-order chi connectivity index (χ1) is 6.87. The lowest BCUT2D eigenvalue weighted by molar-refractivity contribution is -0.394. The number of rotatable bonds is 8. The predicted molar refractivity (Wildman–Crippen MR) is 58.3 cm³/mol. The van der Waals surface area contributed by atoms with Crippen LogP contribution >= 0.6 is 0 Å². The largest absolute Gasteiger partial charge is 0.381 e. The third-order valence-electron chi connectivity index (χ3n) is 2.20. The van der Waals surface area contributed by atoms with Gasteiger partial charge in [0.05, 0.1) is 18.6 Å². The molecule has 0 aliphatic carbocycles. The highest BCUT2D eigenvalue weighted by atomic mass is 16.8. The van der Waals surface area contributed by atoms with Crippen LogP contribution in [0.2, 0.25) is 0 Å². The molecule has 0 radical (unpaired) electrons. The first-order valence-corrected chi connectivity index (χ1v) is 5.54. The van der Waals surface area contributed by atoms with Crippen LogP contribution in [0.4, 0.5) is 0 Å². The molecule has 0 rings (SSSR count). The fourth-order valence-corrected chi connectivity index (χ4v) is 1.01. The molecule has 4 nitrogen and oxygen atoms in total. The molecule has 0 amide bonds. The smallest absolute Gasteiger partial charge is 0.285 e. The Balaban J connectivity index is 4.14. The summed E-state index contributed by atoms with van der Waals surface area (Å²) in [5.74, 6) is -2.13. The molecule has 0 saturated carbocycles. The highest BCUT2D eigenvalue weighted by molar-refractivity contribution is 4.77. The van der Waals surface area contributed by atoms with Gasteiger partial charge in [-0.1, -0.05) is 13.8 Å². The Morgan fingerprint density at radius 1 is 1.00 bits per heavy atom. The molecule has 92 valence electrons. The van der Waals surface area contributed by atoms with Gasteiger partial charge < -0.3 is 19.7 Å². The average molecular weight is 220 g/mol. The zero-order chi connectivity index (χ0) is 11.9. The Kier molecular flexibility index (Phi) is 6.36. The molecule has 15 heavy (non-hydrogen) atoms. The van der Waals surface area contributed by atoms with Gasteiger partial charge in [-0.3, -0.25) is 0 Å². The molecule has 0 bridgehead atoms. The van der Waals surface area contributed by atoms with E-state index in [0.717, 1.165) is 12.8 Å². The first kappa shape index (κ1) is 14.8. The molecule has 0 saturated heterocycles. The van der Waals surface area contributed by atoms with Crippen molar-refractivity contribution < 1.29 is 19.7 Å². The Morgan fingerprint density at radius 3 is 2.00 bits per heavy atom. The Labute approximate surface area is 92.2 Å². The van der Waals surface area contributed by atoms with Crippen LogP contribution in [0.25, 0.3) is 0 Å². The second-order valence-corrected chi connectivity index (χ2v) is 4.39. The lowest BCUT2D eigenvalue weighted by atomic mass is 9.91. The Hall–Kier alpha value is -0.160. The second kappa shape index (κ2) is 6.43. The highest BCUT2D eigenvalue weighted by Gasteiger charge is 2.43. The summed E-state index contributed by atoms with van der Waals surface area (Å²) in [6.07, 6.45) is 1.66. The molecule has 0 atom stereocenters. The van der Waals surface area contributed by atoms with E-state index >= 15 is 0 Å². The Morgan fingerprint density at radius 2 is 1.53 bits per heavy atom. The third-order valence-corrected chi connectivity index (χ3v) is 2.20. The van der Waals surface area contributed by atoms with Crippen LogP contribution in [0.1, 0.15) is 40.5 Å². The number of ether oxygens (including phenoxy) is 2. The fraction of sp³-hybridized carbons (Fsp3) is 1.00. The minimum absolute atomic E-state index is 0.261. The van der Waals surface area contributed by atoms with Crippen LogP contribution < -0.4 is 0 Å². The van der Waals surface area contributed by atoms with Crippen LogP contribution in [0.5, 0.6) is 0 Å². The van der Waals surface area contributed by atoms with Crippen LogP contribution in [-0.2, 0) is 9.47 Å². The SMILES string of the molecule is CCCOCC(C)(C)C(O)(O)OCCC. The summed E-state index contributed by atoms with van der Waals surface area (Å²) in [4.78, 5) is 0. The van der Waals surface area contributed by atoms with Crippen molar-refractivity contribution in [1.29, 1.82) is 0 Å². The molecule has 0 unspecified atom stereocenters. The van der Waals surface area contributed by atoms with E-state index in [4.69, 9.17) is 9.47 Å². The van der Waals surface area contributed by atoms with E-state index in [0.29, 0.717) is 13.2 Å². The van der Waals surface area contributed by atoms with Crippen LogP contribution in [0.3, 0.4) is 0 Å². The van der Waals surface area contributed by atoms with E-state index < -0.39 is 11.4 Å². The first-order valence-electron chi connectivity index (χ1n) is 5.54. The lowest BCUT2D eigenvalue weighted by Crippen LogP contribution is -2.49. The monoisotopic (exact) mass is 220 g/mol. The topological polar surface area (TPSA) is 58.9 Å². The average Bonchev–Trinajstić information content (AvgIpc) is 2.15. The number of hydrogen-bond donors (Lipinski definition) is 2. The van der Waals surface area contributed by atoms with E-state index in [2.05, 4.69) is 0 Å². The van der Waals surface area contributed by atoms with Crippen molar-refractivity contribution in [1.82, 2.24) is 0 Å². The fourth-order valence-electron chi connectivity index (χ4n) is 1.01. The molecule has 0 aliphatic heterocycles. The molecule has 4 heteroatoms. The van der Waals surface area contributed by atoms with Crippen molar-refractivity contribution >= 4 is 0 Å². The van der Waals surface area contributed by atoms with Gasteiger partial charge in [-0.2, -0.15) is 0 Å². The van der Waals surface area contributed by atoms with Crippen molar-refractivity contribution in [3.63, 3.8) is 0 Å². The molecular weight excluding hydrogens is 196 g/mol. The summed E-state index contributed by atoms with van der Waals surface area (Å²) in [5, 5.41) is 19.5. The van der Waals surface area contributed by atoms with Gasteiger partial charge in [0, 0.05) is 6.61 Å². The summed E-state index contributed by atoms with van der Waals surface area (Å²) in [5.41, 5.74) is -0.836. The third kappa shape index (κ3) is 4.93. The van der Waals surface area contributed by atoms with E-state index in [1.165, 1.54) is 0 Å². The summed E-state index contributed by atoms with van der Waals surface area (Å²) in [6, 6.07) is 0. The molecule has 0 heterocycles. The quantitative estimate of drug-likeness (QED) is 0.481. The molecular formula is C11H24O4. The van der Waals surface area contributed by atoms with Gasteiger partial charge in [0.2, 0.25) is 0 Å². The van der Waals surface area contributed by atoms with Gasteiger partial charge in [0.1, 0.15) is 0 Å². The van der Waals surface area contributed by atoms with E-state index in [1.807, 2.05) is 13.8 Å². The van der Waals surface area contributed by atoms with Crippen LogP contribution in [0.15, 0.2) is 0 Å². The maximum absolute atomic E-state index is 9.73. The van der Waals surface area contributed by atoms with Crippen molar-refractivity contribution in [3.05, 3.63) is 0 Å². The normalized spacial score (nSPS) is 13.2. The van der Waals surface area contributed by atoms with Crippen molar-refractivity contribution in [2.45, 2.75) is 46.5 Å². The van der Waals surface area contributed by atoms with E-state index in [9.17, 15) is 10.2 Å². The van der Waals surface area contributed by atoms with Crippen LogP contribution in [-0.4, -0.2) is 36.0 Å². The van der Waals surface area contributed by atoms with Crippen molar-refractivity contribution in [2.75, 3.05) is 19.8 Å². The summed E-state index contributed by atoms with van der Waals surface area (Å²) < 4.78 is 10.3. The van der Waals surface area contributed by atoms with Crippen molar-refractivity contribution in [3.8, 4) is 0 Å². The summed E-state index contributed by atoms with van der Waals surface area (Å²) in [7, 11) is 0. The van der Waals surface area contributed by atoms with Gasteiger partial charge >= 0.3 is 0 Å². The molecule has 0 aromatic rings. The zero-order valence-electron chi connectivity index (χ0n) is 10.2. The number of hydrogen-bond acceptors (Lipinski definition) is 4. The van der Waals surface area contributed by atoms with Gasteiger partial charge in [0.25, 0.3) is 5.97 Å². The summed E-state index contributed by atoms with van der Waals surface area (Å²) in [6.45, 7) is 8.54. The van der Waals surface area contributed by atoms with E-state index in [1.54, 1.807) is 13.8 Å². The standard InChI is InChI=1S/C11H24O4/c1-5-7-14-9-10(3,4)11(12,13)15-8-6-2/h12-13H,5-9H2,1-4H3. The lowest BCUT2D eigenvalue weighted by Gasteiger charge is -2.37. The minimum atomic E-state index is -2.13. The van der Waals surface area contributed by atoms with Gasteiger partial charge in [-0.05, 0) is 26.7 Å². The second-order valence-electron chi connectivity index (χ2n) is 4.39. The van der Waals surface area contributed by atoms with Gasteiger partial charge in [-0.25, -0.2) is 0 Å². The molecule has 0 aliphatic rings. The molecule has 0 aromatic carbocycles. The van der Waals surface area contributed by atoms with Crippen LogP contribution in [0, 0.1) is 5.41 Å². The maximum atomic E-state index is 9.73. The van der Waals surface area contributed by atoms with Gasteiger partial charge in [-0.15, -0.1) is 0 Å². The molecule has 0 aromatic heterocycles. The van der Waals surface area contributed by atoms with Crippen molar-refractivity contribution in [2.24, 2.45) is 5.41 Å². The minimum Gasteiger partial charge on any atom is -0.381 e. The zero-order valence-corrected chi connectivity index (χ0v) is 10.2. The summed E-state index contributed by atoms with van der Waals surface area (Å²) >= 11 is 0. The number of aliphatic hydroxyl groups is 2. The van der Waals surface area contributed by atoms with Gasteiger partial charge in [0.15, 0.2) is 0 Å².